The second-order valence-electron chi connectivity index (χ2n) is 15.7. The van der Waals surface area contributed by atoms with E-state index in [9.17, 15) is 0 Å². The molecule has 1 nitrogen and oxygen atoms in total. The molecule has 1 spiro atoms. The predicted octanol–water partition coefficient (Wildman–Crippen LogP) is 14.4. The fraction of sp³-hybridized carbons (Fsp3) is 0.0545. The van der Waals surface area contributed by atoms with E-state index in [1.165, 1.54) is 103 Å². The number of hydrogen-bond acceptors (Lipinski definition) is 2. The Morgan fingerprint density at radius 1 is 0.491 bits per heavy atom. The van der Waals surface area contributed by atoms with Crippen molar-refractivity contribution in [1.29, 1.82) is 0 Å². The molecule has 0 saturated carbocycles. The van der Waals surface area contributed by atoms with Gasteiger partial charge < -0.3 is 5.73 Å². The zero-order valence-corrected chi connectivity index (χ0v) is 32.1. The maximum Gasteiger partial charge on any atom is 0.0699 e. The van der Waals surface area contributed by atoms with Crippen molar-refractivity contribution in [1.82, 2.24) is 0 Å². The Hall–Kier alpha value is -6.61. The van der Waals surface area contributed by atoms with Crippen LogP contribution in [-0.2, 0) is 5.41 Å². The topological polar surface area (TPSA) is 26.0 Å². The van der Waals surface area contributed by atoms with Crippen LogP contribution in [0.1, 0.15) is 40.2 Å². The van der Waals surface area contributed by atoms with Gasteiger partial charge in [-0.1, -0.05) is 170 Å². The van der Waals surface area contributed by atoms with Crippen molar-refractivity contribution < 1.29 is 0 Å². The largest absolute Gasteiger partial charge is 0.399 e. The Kier molecular flexibility index (Phi) is 7.12. The van der Waals surface area contributed by atoms with Gasteiger partial charge in [0.2, 0.25) is 0 Å². The van der Waals surface area contributed by atoms with E-state index in [2.05, 4.69) is 194 Å². The Bertz CT molecular complexity index is 3210. The minimum atomic E-state index is -0.451. The van der Waals surface area contributed by atoms with Crippen LogP contribution < -0.4 is 5.73 Å². The lowest BCUT2D eigenvalue weighted by Crippen LogP contribution is -2.34. The summed E-state index contributed by atoms with van der Waals surface area (Å²) in [6.07, 6.45) is 5.84. The Morgan fingerprint density at radius 3 is 2.07 bits per heavy atom. The highest BCUT2D eigenvalue weighted by molar-refractivity contribution is 7.99. The Labute approximate surface area is 336 Å². The number of nitrogen functional groups attached to an aromatic ring is 1. The lowest BCUT2D eigenvalue weighted by Gasteiger charge is -2.42. The van der Waals surface area contributed by atoms with Crippen LogP contribution in [0.3, 0.4) is 0 Å². The van der Waals surface area contributed by atoms with Gasteiger partial charge >= 0.3 is 0 Å². The monoisotopic (exact) mass is 743 g/mol. The molecule has 2 N–H and O–H groups in total. The van der Waals surface area contributed by atoms with Crippen molar-refractivity contribution in [2.75, 3.05) is 5.73 Å². The summed E-state index contributed by atoms with van der Waals surface area (Å²) in [7, 11) is 0. The van der Waals surface area contributed by atoms with Crippen molar-refractivity contribution >= 4 is 55.3 Å². The summed E-state index contributed by atoms with van der Waals surface area (Å²) < 4.78 is 0. The highest BCUT2D eigenvalue weighted by atomic mass is 32.2. The summed E-state index contributed by atoms with van der Waals surface area (Å²) in [5, 5.41) is 7.72. The van der Waals surface area contributed by atoms with Gasteiger partial charge in [0.25, 0.3) is 0 Å². The van der Waals surface area contributed by atoms with Gasteiger partial charge in [-0.2, -0.15) is 0 Å². The zero-order valence-electron chi connectivity index (χ0n) is 31.2. The van der Waals surface area contributed by atoms with Crippen LogP contribution in [0, 0.1) is 0 Å². The number of rotatable bonds is 3. The van der Waals surface area contributed by atoms with Crippen LogP contribution in [0.4, 0.5) is 5.69 Å². The molecular weight excluding hydrogens is 707 g/mol. The maximum atomic E-state index is 6.70. The average Bonchev–Trinajstić information content (AvgIpc) is 3.55. The fourth-order valence-corrected chi connectivity index (χ4v) is 11.6. The molecule has 9 aromatic carbocycles. The van der Waals surface area contributed by atoms with E-state index >= 15 is 0 Å². The second kappa shape index (κ2) is 12.4. The van der Waals surface area contributed by atoms with Crippen molar-refractivity contribution in [3.05, 3.63) is 228 Å². The van der Waals surface area contributed by atoms with Crippen molar-refractivity contribution in [2.24, 2.45) is 0 Å². The Morgan fingerprint density at radius 2 is 1.18 bits per heavy atom. The van der Waals surface area contributed by atoms with Crippen molar-refractivity contribution in [2.45, 2.75) is 27.5 Å². The normalized spacial score (nSPS) is 17.9. The smallest absolute Gasteiger partial charge is 0.0699 e. The molecule has 0 saturated heterocycles. The average molecular weight is 744 g/mol. The van der Waals surface area contributed by atoms with E-state index < -0.39 is 5.41 Å². The number of allylic oxidation sites excluding steroid dienone is 4. The standard InChI is InChI=1S/C55H37NS/c56-40-26-29-52-50(33-40)55(48-20-10-11-21-51(48)57-52)47-19-9-8-16-41(47)42-27-25-39(32-49(42)55)54-44-18-7-6-17-43(44)53(35-13-2-1-3-14-35)45-28-24-38(31-46(45)54)37-23-22-34-12-4-5-15-36(34)30-37/h1-31,33,39H,32,56H2. The van der Waals surface area contributed by atoms with Gasteiger partial charge in [-0.3, -0.25) is 0 Å². The van der Waals surface area contributed by atoms with Gasteiger partial charge in [0, 0.05) is 21.4 Å². The van der Waals surface area contributed by atoms with Gasteiger partial charge in [0.1, 0.15) is 0 Å². The molecule has 2 heteroatoms. The number of fused-ring (bicyclic) bond motifs is 11. The van der Waals surface area contributed by atoms with E-state index in [1.54, 1.807) is 0 Å². The summed E-state index contributed by atoms with van der Waals surface area (Å²) in [5.41, 5.74) is 21.6. The molecule has 12 rings (SSSR count). The van der Waals surface area contributed by atoms with Crippen LogP contribution in [-0.4, -0.2) is 0 Å². The fourth-order valence-electron chi connectivity index (χ4n) is 10.5. The number of hydrogen-bond donors (Lipinski definition) is 1. The van der Waals surface area contributed by atoms with Gasteiger partial charge in [0.15, 0.2) is 0 Å². The van der Waals surface area contributed by atoms with Gasteiger partial charge in [0.05, 0.1) is 5.41 Å². The molecular formula is C55H37NS. The quantitative estimate of drug-likeness (QED) is 0.144. The van der Waals surface area contributed by atoms with Crippen molar-refractivity contribution in [3.8, 4) is 22.3 Å². The molecule has 1 heterocycles. The minimum absolute atomic E-state index is 0.130. The first-order valence-corrected chi connectivity index (χ1v) is 20.7. The van der Waals surface area contributed by atoms with Crippen LogP contribution in [0.2, 0.25) is 0 Å². The summed E-state index contributed by atoms with van der Waals surface area (Å²) in [6, 6.07) is 67.5. The molecule has 268 valence electrons. The first kappa shape index (κ1) is 32.6. The molecule has 2 aliphatic carbocycles. The molecule has 2 atom stereocenters. The maximum absolute atomic E-state index is 6.70. The lowest BCUT2D eigenvalue weighted by molar-refractivity contribution is 0.643. The van der Waals surface area contributed by atoms with E-state index in [0.29, 0.717) is 0 Å². The predicted molar refractivity (Wildman–Crippen MR) is 241 cm³/mol. The van der Waals surface area contributed by atoms with E-state index in [1.807, 2.05) is 11.8 Å². The third kappa shape index (κ3) is 4.71. The molecule has 0 amide bonds. The highest BCUT2D eigenvalue weighted by Gasteiger charge is 2.52. The molecule has 3 aliphatic rings. The summed E-state index contributed by atoms with van der Waals surface area (Å²) in [6.45, 7) is 0. The van der Waals surface area contributed by atoms with Crippen LogP contribution >= 0.6 is 11.8 Å². The molecule has 0 aromatic heterocycles. The van der Waals surface area contributed by atoms with Gasteiger partial charge in [-0.05, 0) is 136 Å². The number of anilines is 1. The zero-order chi connectivity index (χ0) is 37.7. The highest BCUT2D eigenvalue weighted by Crippen LogP contribution is 2.64. The molecule has 9 aromatic rings. The van der Waals surface area contributed by atoms with E-state index in [4.69, 9.17) is 5.73 Å². The number of benzene rings is 9. The molecule has 0 bridgehead atoms. The number of nitrogens with two attached hydrogens (primary N) is 1. The lowest BCUT2D eigenvalue weighted by atomic mass is 9.63. The SMILES string of the molecule is Nc1ccc2c(c1)C1(C3=C(C=CC(c4c5ccccc5c(-c5ccccc5)c5ccc(-c6ccc7ccccc7c6)cc45)C3)c3ccccc31)c1ccccc1S2. The first-order chi connectivity index (χ1) is 28.2. The molecule has 0 radical (unpaired) electrons. The Balaban J connectivity index is 1.13. The van der Waals surface area contributed by atoms with Crippen LogP contribution in [0.15, 0.2) is 210 Å². The molecule has 1 aliphatic heterocycles. The van der Waals surface area contributed by atoms with Crippen LogP contribution in [0.25, 0.3) is 60.1 Å². The first-order valence-electron chi connectivity index (χ1n) is 19.9. The van der Waals surface area contributed by atoms with E-state index in [0.717, 1.165) is 12.1 Å². The third-order valence-electron chi connectivity index (χ3n) is 12.8. The van der Waals surface area contributed by atoms with Gasteiger partial charge in [-0.25, -0.2) is 0 Å². The second-order valence-corrected chi connectivity index (χ2v) is 16.8. The van der Waals surface area contributed by atoms with Crippen LogP contribution in [0.5, 0.6) is 0 Å². The van der Waals surface area contributed by atoms with E-state index in [-0.39, 0.29) is 5.92 Å². The third-order valence-corrected chi connectivity index (χ3v) is 14.0. The summed E-state index contributed by atoms with van der Waals surface area (Å²) >= 11 is 1.87. The molecule has 2 unspecified atom stereocenters. The summed E-state index contributed by atoms with van der Waals surface area (Å²) in [5.74, 6) is 0.130. The van der Waals surface area contributed by atoms with Crippen molar-refractivity contribution in [3.63, 3.8) is 0 Å². The van der Waals surface area contributed by atoms with Gasteiger partial charge in [-0.15, -0.1) is 0 Å². The minimum Gasteiger partial charge on any atom is -0.399 e. The summed E-state index contributed by atoms with van der Waals surface area (Å²) in [4.78, 5) is 2.59. The molecule has 0 fully saturated rings. The molecule has 57 heavy (non-hydrogen) atoms.